The molecule has 7 rings (SSSR count). The molecule has 3 N–H and O–H groups in total. The van der Waals surface area contributed by atoms with Gasteiger partial charge in [-0.1, -0.05) is 115 Å². The molecule has 0 aromatic heterocycles. The van der Waals surface area contributed by atoms with E-state index in [1.807, 2.05) is 109 Å². The summed E-state index contributed by atoms with van der Waals surface area (Å²) in [5.41, 5.74) is 2.67. The number of ether oxygens (including phenoxy) is 1. The lowest BCUT2D eigenvalue weighted by Gasteiger charge is -2.34. The molecule has 2 heterocycles. The Morgan fingerprint density at radius 1 is 0.661 bits per heavy atom. The number of nitrogens with zero attached hydrogens (tertiary/aromatic N) is 2. The molecule has 0 spiro atoms. The lowest BCUT2D eigenvalue weighted by molar-refractivity contribution is -0.144. The Balaban J connectivity index is 1.20. The third-order valence-corrected chi connectivity index (χ3v) is 11.2. The molecule has 0 radical (unpaired) electrons. The fourth-order valence-electron chi connectivity index (χ4n) is 7.91. The van der Waals surface area contributed by atoms with Crippen LogP contribution in [0.2, 0.25) is 0 Å². The van der Waals surface area contributed by atoms with E-state index in [4.69, 9.17) is 4.74 Å². The second-order valence-electron chi connectivity index (χ2n) is 15.0. The number of fused-ring (bicyclic) bond motifs is 2. The van der Waals surface area contributed by atoms with Crippen molar-refractivity contribution in [3.63, 3.8) is 0 Å². The molecular formula is C46H51N5O5. The largest absolute Gasteiger partial charge is 0.378 e. The Bertz CT molecular complexity index is 2150. The van der Waals surface area contributed by atoms with Crippen LogP contribution in [0.1, 0.15) is 29.5 Å². The van der Waals surface area contributed by atoms with Gasteiger partial charge in [-0.25, -0.2) is 0 Å². The average Bonchev–Trinajstić information content (AvgIpc) is 3.25. The summed E-state index contributed by atoms with van der Waals surface area (Å²) in [6, 6.07) is 34.9. The summed E-state index contributed by atoms with van der Waals surface area (Å²) in [4.78, 5) is 60.7. The Hall–Kier alpha value is -5.58. The maximum atomic E-state index is 14.7. The predicted molar refractivity (Wildman–Crippen MR) is 219 cm³/mol. The first kappa shape index (κ1) is 38.7. The van der Waals surface area contributed by atoms with Crippen molar-refractivity contribution in [1.82, 2.24) is 25.8 Å². The molecule has 4 amide bonds. The summed E-state index contributed by atoms with van der Waals surface area (Å²) in [5, 5.41) is 13.7. The van der Waals surface area contributed by atoms with E-state index < -0.39 is 29.9 Å². The van der Waals surface area contributed by atoms with Crippen LogP contribution in [0.4, 0.5) is 0 Å². The minimum atomic E-state index is -1.04. The summed E-state index contributed by atoms with van der Waals surface area (Å²) >= 11 is 0. The van der Waals surface area contributed by atoms with Crippen molar-refractivity contribution in [2.45, 2.75) is 50.2 Å². The van der Waals surface area contributed by atoms with Gasteiger partial charge in [-0.2, -0.15) is 0 Å². The SMILES string of the molecule is CN(C(=O)C1CCNCC1)C(Cc1ccc2ccccc2c1)C(=O)NC(Cc1ccc2ccccc2c1)C(=O)NC(Cc1ccccc1)C(=O)N1CCOCC1. The molecule has 10 nitrogen and oxygen atoms in total. The quantitative estimate of drug-likeness (QED) is 0.161. The molecule has 0 bridgehead atoms. The van der Waals surface area contributed by atoms with Gasteiger partial charge in [0.25, 0.3) is 0 Å². The molecule has 3 unspecified atom stereocenters. The van der Waals surface area contributed by atoms with Gasteiger partial charge in [0, 0.05) is 45.3 Å². The Morgan fingerprint density at radius 3 is 1.82 bits per heavy atom. The zero-order chi connectivity index (χ0) is 38.9. The summed E-state index contributed by atoms with van der Waals surface area (Å²) in [6.45, 7) is 3.22. The number of hydrogen-bond acceptors (Lipinski definition) is 6. The van der Waals surface area contributed by atoms with Crippen LogP contribution in [0.5, 0.6) is 0 Å². The number of benzene rings is 5. The molecule has 0 aliphatic carbocycles. The fourth-order valence-corrected chi connectivity index (χ4v) is 7.91. The van der Waals surface area contributed by atoms with E-state index in [2.05, 4.69) is 22.0 Å². The number of likely N-dealkylation sites (N-methyl/N-ethyl adjacent to an activating group) is 1. The molecule has 5 aromatic carbocycles. The van der Waals surface area contributed by atoms with Gasteiger partial charge < -0.3 is 30.5 Å². The third-order valence-electron chi connectivity index (χ3n) is 11.2. The summed E-state index contributed by atoms with van der Waals surface area (Å²) in [5.74, 6) is -1.37. The zero-order valence-electron chi connectivity index (χ0n) is 32.0. The van der Waals surface area contributed by atoms with Gasteiger partial charge >= 0.3 is 0 Å². The number of hydrogen-bond donors (Lipinski definition) is 3. The highest BCUT2D eigenvalue weighted by atomic mass is 16.5. The minimum absolute atomic E-state index is 0.0815. The van der Waals surface area contributed by atoms with Gasteiger partial charge in [-0.3, -0.25) is 19.2 Å². The van der Waals surface area contributed by atoms with Gasteiger partial charge in [0.2, 0.25) is 23.6 Å². The highest BCUT2D eigenvalue weighted by molar-refractivity contribution is 5.95. The maximum absolute atomic E-state index is 14.7. The number of amides is 4. The van der Waals surface area contributed by atoms with E-state index in [1.165, 1.54) is 0 Å². The number of nitrogens with one attached hydrogen (secondary N) is 3. The van der Waals surface area contributed by atoms with Crippen molar-refractivity contribution in [2.75, 3.05) is 46.4 Å². The second-order valence-corrected chi connectivity index (χ2v) is 15.0. The minimum Gasteiger partial charge on any atom is -0.378 e. The summed E-state index contributed by atoms with van der Waals surface area (Å²) in [6.07, 6.45) is 2.12. The Morgan fingerprint density at radius 2 is 1.20 bits per heavy atom. The predicted octanol–water partition coefficient (Wildman–Crippen LogP) is 4.68. The van der Waals surface area contributed by atoms with Crippen LogP contribution in [0.3, 0.4) is 0 Å². The van der Waals surface area contributed by atoms with Crippen LogP contribution in [0, 0.1) is 5.92 Å². The van der Waals surface area contributed by atoms with Crippen LogP contribution in [-0.4, -0.2) is 98.0 Å². The van der Waals surface area contributed by atoms with Gasteiger partial charge in [0.1, 0.15) is 18.1 Å². The summed E-state index contributed by atoms with van der Waals surface area (Å²) < 4.78 is 5.51. The van der Waals surface area contributed by atoms with E-state index >= 15 is 0 Å². The van der Waals surface area contributed by atoms with Crippen molar-refractivity contribution in [3.05, 3.63) is 132 Å². The Kier molecular flexibility index (Phi) is 12.7. The zero-order valence-corrected chi connectivity index (χ0v) is 32.0. The highest BCUT2D eigenvalue weighted by Gasteiger charge is 2.36. The van der Waals surface area contributed by atoms with E-state index in [1.54, 1.807) is 16.8 Å². The molecule has 290 valence electrons. The molecule has 10 heteroatoms. The van der Waals surface area contributed by atoms with Crippen molar-refractivity contribution in [2.24, 2.45) is 5.92 Å². The van der Waals surface area contributed by atoms with Gasteiger partial charge in [-0.15, -0.1) is 0 Å². The van der Waals surface area contributed by atoms with Crippen LogP contribution in [0.25, 0.3) is 21.5 Å². The highest BCUT2D eigenvalue weighted by Crippen LogP contribution is 2.22. The van der Waals surface area contributed by atoms with E-state index in [0.29, 0.717) is 39.1 Å². The van der Waals surface area contributed by atoms with Crippen molar-refractivity contribution in [1.29, 1.82) is 0 Å². The molecule has 3 atom stereocenters. The van der Waals surface area contributed by atoms with Crippen molar-refractivity contribution in [3.8, 4) is 0 Å². The van der Waals surface area contributed by atoms with Gasteiger partial charge in [0.15, 0.2) is 0 Å². The molecule has 2 aliphatic heterocycles. The first-order valence-electron chi connectivity index (χ1n) is 19.8. The summed E-state index contributed by atoms with van der Waals surface area (Å²) in [7, 11) is 1.70. The van der Waals surface area contributed by atoms with Crippen LogP contribution < -0.4 is 16.0 Å². The van der Waals surface area contributed by atoms with E-state index in [9.17, 15) is 19.2 Å². The maximum Gasteiger partial charge on any atom is 0.245 e. The molecule has 2 saturated heterocycles. The number of rotatable bonds is 13. The van der Waals surface area contributed by atoms with Crippen molar-refractivity contribution < 1.29 is 23.9 Å². The third kappa shape index (κ3) is 9.61. The lowest BCUT2D eigenvalue weighted by atomic mass is 9.94. The van der Waals surface area contributed by atoms with Gasteiger partial charge in [-0.05, 0) is 64.2 Å². The first-order valence-corrected chi connectivity index (χ1v) is 19.8. The van der Waals surface area contributed by atoms with Gasteiger partial charge in [0.05, 0.1) is 13.2 Å². The average molecular weight is 754 g/mol. The van der Waals surface area contributed by atoms with Crippen molar-refractivity contribution >= 4 is 45.2 Å². The fraction of sp³-hybridized carbons (Fsp3) is 0.348. The monoisotopic (exact) mass is 753 g/mol. The number of piperidine rings is 1. The first-order chi connectivity index (χ1) is 27.3. The second kappa shape index (κ2) is 18.4. The lowest BCUT2D eigenvalue weighted by Crippen LogP contribution is -2.59. The molecule has 0 saturated carbocycles. The number of morpholine rings is 1. The molecule has 5 aromatic rings. The Labute approximate surface area is 328 Å². The van der Waals surface area contributed by atoms with E-state index in [0.717, 1.165) is 51.3 Å². The molecule has 2 aliphatic rings. The molecular weight excluding hydrogens is 703 g/mol. The number of carbonyl (C=O) groups excluding carboxylic acids is 4. The van der Waals surface area contributed by atoms with E-state index in [-0.39, 0.29) is 37.0 Å². The van der Waals surface area contributed by atoms with Crippen LogP contribution >= 0.6 is 0 Å². The normalized spacial score (nSPS) is 16.5. The van der Waals surface area contributed by atoms with Crippen LogP contribution in [0.15, 0.2) is 115 Å². The smallest absolute Gasteiger partial charge is 0.245 e. The number of carbonyl (C=O) groups is 4. The molecule has 2 fully saturated rings. The van der Waals surface area contributed by atoms with Crippen LogP contribution in [-0.2, 0) is 43.2 Å². The topological polar surface area (TPSA) is 120 Å². The molecule has 56 heavy (non-hydrogen) atoms. The standard InChI is InChI=1S/C46H51N5O5/c1-50(45(54)37-19-21-47-22-20-37)42(31-34-16-18-36-12-6-8-14-39(36)28-34)44(53)48-40(30-33-15-17-35-11-5-7-13-38(35)27-33)43(52)49-41(29-32-9-3-2-4-10-32)46(55)51-23-25-56-26-24-51/h2-18,27-28,37,40-42,47H,19-26,29-31H2,1H3,(H,48,53)(H,49,52).